The zero-order valence-electron chi connectivity index (χ0n) is 15.4. The molecule has 0 spiro atoms. The molecule has 8 heteroatoms. The first kappa shape index (κ1) is 17.4. The molecule has 0 aliphatic carbocycles. The normalized spacial score (nSPS) is 11.1. The predicted octanol–water partition coefficient (Wildman–Crippen LogP) is 5.17. The van der Waals surface area contributed by atoms with Crippen molar-refractivity contribution in [3.05, 3.63) is 78.0 Å². The van der Waals surface area contributed by atoms with Gasteiger partial charge in [-0.3, -0.25) is 0 Å². The van der Waals surface area contributed by atoms with Gasteiger partial charge < -0.3 is 10.1 Å². The van der Waals surface area contributed by atoms with E-state index in [0.717, 1.165) is 33.8 Å². The van der Waals surface area contributed by atoms with Crippen molar-refractivity contribution in [2.24, 2.45) is 0 Å². The van der Waals surface area contributed by atoms with E-state index in [1.54, 1.807) is 16.8 Å². The molecule has 0 aliphatic rings. The number of fused-ring (bicyclic) bond motifs is 2. The lowest BCUT2D eigenvalue weighted by Gasteiger charge is -2.12. The molecule has 4 aromatic heterocycles. The van der Waals surface area contributed by atoms with E-state index >= 15 is 0 Å². The van der Waals surface area contributed by atoms with Crippen molar-refractivity contribution in [1.82, 2.24) is 24.6 Å². The van der Waals surface area contributed by atoms with Crippen LogP contribution >= 0.6 is 11.6 Å². The number of nitrogens with one attached hydrogen (secondary N) is 1. The third-order valence-electron chi connectivity index (χ3n) is 4.48. The fraction of sp³-hybridized carbons (Fsp3) is 0.0476. The summed E-state index contributed by atoms with van der Waals surface area (Å²) in [6, 6.07) is 15.1. The minimum Gasteiger partial charge on any atom is -0.457 e. The molecule has 0 bridgehead atoms. The lowest BCUT2D eigenvalue weighted by atomic mass is 10.2. The summed E-state index contributed by atoms with van der Waals surface area (Å²) in [5, 5.41) is 7.87. The van der Waals surface area contributed by atoms with Crippen LogP contribution in [0.2, 0.25) is 5.15 Å². The van der Waals surface area contributed by atoms with E-state index in [-0.39, 0.29) is 0 Å². The van der Waals surface area contributed by atoms with Crippen LogP contribution < -0.4 is 10.1 Å². The minimum absolute atomic E-state index is 0.394. The van der Waals surface area contributed by atoms with E-state index in [2.05, 4.69) is 25.4 Å². The Bertz CT molecular complexity index is 1350. The Morgan fingerprint density at radius 3 is 2.86 bits per heavy atom. The van der Waals surface area contributed by atoms with Crippen LogP contribution in [0.1, 0.15) is 5.56 Å². The molecule has 0 aliphatic heterocycles. The number of aryl methyl sites for hydroxylation is 1. The topological polar surface area (TPSA) is 77.2 Å². The molecule has 7 nitrogen and oxygen atoms in total. The molecule has 0 radical (unpaired) electrons. The van der Waals surface area contributed by atoms with Gasteiger partial charge in [0, 0.05) is 24.1 Å². The lowest BCUT2D eigenvalue weighted by Crippen LogP contribution is -1.98. The van der Waals surface area contributed by atoms with E-state index in [1.165, 1.54) is 6.33 Å². The van der Waals surface area contributed by atoms with Gasteiger partial charge in [-0.1, -0.05) is 11.6 Å². The van der Waals surface area contributed by atoms with Gasteiger partial charge in [0.05, 0.1) is 11.0 Å². The SMILES string of the molecule is Cc1cc(Nc2ncnc3ccc(Cl)nc23)ccc1Oc1ccn2nccc2c1. The number of ether oxygens (including phenoxy) is 1. The summed E-state index contributed by atoms with van der Waals surface area (Å²) in [7, 11) is 0. The largest absolute Gasteiger partial charge is 0.457 e. The molecule has 5 rings (SSSR count). The smallest absolute Gasteiger partial charge is 0.160 e. The fourth-order valence-corrected chi connectivity index (χ4v) is 3.23. The molecule has 142 valence electrons. The molecule has 1 aromatic carbocycles. The maximum atomic E-state index is 6.05. The average Bonchev–Trinajstić information content (AvgIpc) is 3.18. The zero-order valence-corrected chi connectivity index (χ0v) is 16.1. The number of aromatic nitrogens is 5. The number of rotatable bonds is 4. The van der Waals surface area contributed by atoms with Crippen molar-refractivity contribution >= 4 is 39.7 Å². The van der Waals surface area contributed by atoms with Crippen LogP contribution in [0.25, 0.3) is 16.6 Å². The van der Waals surface area contributed by atoms with Crippen LogP contribution in [-0.4, -0.2) is 24.6 Å². The molecular weight excluding hydrogens is 388 g/mol. The molecule has 0 saturated heterocycles. The van der Waals surface area contributed by atoms with Crippen LogP contribution in [0.4, 0.5) is 11.5 Å². The maximum Gasteiger partial charge on any atom is 0.160 e. The summed E-state index contributed by atoms with van der Waals surface area (Å²) < 4.78 is 7.84. The number of halogens is 1. The second-order valence-corrected chi connectivity index (χ2v) is 6.88. The Morgan fingerprint density at radius 2 is 1.97 bits per heavy atom. The molecule has 5 aromatic rings. The first-order valence-corrected chi connectivity index (χ1v) is 9.30. The van der Waals surface area contributed by atoms with Crippen molar-refractivity contribution in [1.29, 1.82) is 0 Å². The Balaban J connectivity index is 1.42. The van der Waals surface area contributed by atoms with E-state index in [0.29, 0.717) is 16.5 Å². The van der Waals surface area contributed by atoms with Crippen molar-refractivity contribution < 1.29 is 4.74 Å². The number of benzene rings is 1. The second-order valence-electron chi connectivity index (χ2n) is 6.49. The van der Waals surface area contributed by atoms with Crippen LogP contribution in [0.3, 0.4) is 0 Å². The predicted molar refractivity (Wildman–Crippen MR) is 112 cm³/mol. The van der Waals surface area contributed by atoms with Crippen molar-refractivity contribution in [3.63, 3.8) is 0 Å². The van der Waals surface area contributed by atoms with Gasteiger partial charge in [-0.25, -0.2) is 19.5 Å². The highest BCUT2D eigenvalue weighted by Crippen LogP contribution is 2.30. The van der Waals surface area contributed by atoms with E-state index in [1.807, 2.05) is 55.6 Å². The summed E-state index contributed by atoms with van der Waals surface area (Å²) in [5.74, 6) is 2.12. The molecule has 0 fully saturated rings. The first-order chi connectivity index (χ1) is 14.2. The molecule has 0 unspecified atom stereocenters. The van der Waals surface area contributed by atoms with Crippen molar-refractivity contribution in [2.45, 2.75) is 6.92 Å². The quantitative estimate of drug-likeness (QED) is 0.418. The number of hydrogen-bond acceptors (Lipinski definition) is 6. The average molecular weight is 403 g/mol. The Labute approximate surface area is 171 Å². The number of anilines is 2. The summed E-state index contributed by atoms with van der Waals surface area (Å²) in [6.45, 7) is 1.99. The molecule has 0 saturated carbocycles. The van der Waals surface area contributed by atoms with E-state index in [9.17, 15) is 0 Å². The minimum atomic E-state index is 0.394. The van der Waals surface area contributed by atoms with Crippen molar-refractivity contribution in [2.75, 3.05) is 5.32 Å². The Morgan fingerprint density at radius 1 is 1.03 bits per heavy atom. The molecule has 1 N–H and O–H groups in total. The van der Waals surface area contributed by atoms with Crippen LogP contribution in [0, 0.1) is 6.92 Å². The summed E-state index contributed by atoms with van der Waals surface area (Å²) >= 11 is 6.03. The highest BCUT2D eigenvalue weighted by Gasteiger charge is 2.09. The molecule has 29 heavy (non-hydrogen) atoms. The number of hydrogen-bond donors (Lipinski definition) is 1. The van der Waals surface area contributed by atoms with E-state index in [4.69, 9.17) is 16.3 Å². The Kier molecular flexibility index (Phi) is 4.22. The third kappa shape index (κ3) is 3.43. The van der Waals surface area contributed by atoms with Gasteiger partial charge in [0.1, 0.15) is 28.5 Å². The standard InChI is InChI=1S/C21H15ClN6O/c1-13-10-14(26-21-20-17(23-12-24-21)3-5-19(22)27-20)2-4-18(13)29-16-7-9-28-15(11-16)6-8-25-28/h2-12H,1H3,(H,23,24,26). The van der Waals surface area contributed by atoms with Gasteiger partial charge >= 0.3 is 0 Å². The van der Waals surface area contributed by atoms with Gasteiger partial charge in [0.2, 0.25) is 0 Å². The van der Waals surface area contributed by atoms with Gasteiger partial charge in [0.25, 0.3) is 0 Å². The van der Waals surface area contributed by atoms with Crippen LogP contribution in [-0.2, 0) is 0 Å². The first-order valence-electron chi connectivity index (χ1n) is 8.92. The fourth-order valence-electron chi connectivity index (χ4n) is 3.08. The molecular formula is C21H15ClN6O. The number of pyridine rings is 2. The van der Waals surface area contributed by atoms with E-state index < -0.39 is 0 Å². The molecule has 0 amide bonds. The van der Waals surface area contributed by atoms with Gasteiger partial charge in [-0.15, -0.1) is 0 Å². The molecule has 4 heterocycles. The van der Waals surface area contributed by atoms with Gasteiger partial charge in [-0.2, -0.15) is 5.10 Å². The highest BCUT2D eigenvalue weighted by molar-refractivity contribution is 6.29. The summed E-state index contributed by atoms with van der Waals surface area (Å²) in [6.07, 6.45) is 5.12. The van der Waals surface area contributed by atoms with Gasteiger partial charge in [0.15, 0.2) is 5.82 Å². The molecule has 0 atom stereocenters. The Hall–Kier alpha value is -3.71. The van der Waals surface area contributed by atoms with Crippen LogP contribution in [0.5, 0.6) is 11.5 Å². The maximum absolute atomic E-state index is 6.05. The number of nitrogens with zero attached hydrogens (tertiary/aromatic N) is 5. The van der Waals surface area contributed by atoms with Gasteiger partial charge in [-0.05, 0) is 55.0 Å². The summed E-state index contributed by atoms with van der Waals surface area (Å²) in [4.78, 5) is 12.9. The van der Waals surface area contributed by atoms with Crippen LogP contribution in [0.15, 0.2) is 67.3 Å². The second kappa shape index (κ2) is 7.03. The highest BCUT2D eigenvalue weighted by atomic mass is 35.5. The third-order valence-corrected chi connectivity index (χ3v) is 4.69. The van der Waals surface area contributed by atoms with Crippen molar-refractivity contribution in [3.8, 4) is 11.5 Å². The monoisotopic (exact) mass is 402 g/mol. The lowest BCUT2D eigenvalue weighted by molar-refractivity contribution is 0.478. The zero-order chi connectivity index (χ0) is 19.8. The summed E-state index contributed by atoms with van der Waals surface area (Å²) in [5.41, 5.74) is 4.15.